The Morgan fingerprint density at radius 1 is 1.64 bits per heavy atom. The van der Waals surface area contributed by atoms with Gasteiger partial charge in [-0.3, -0.25) is 0 Å². The molecule has 1 atom stereocenters. The van der Waals surface area contributed by atoms with E-state index in [2.05, 4.69) is 26.0 Å². The molecule has 0 radical (unpaired) electrons. The molecule has 74 valence electrons. The van der Waals surface area contributed by atoms with Crippen LogP contribution in [0.3, 0.4) is 0 Å². The Morgan fingerprint density at radius 2 is 2.36 bits per heavy atom. The maximum atomic E-state index is 12.8. The van der Waals surface area contributed by atoms with Gasteiger partial charge in [0.05, 0.1) is 17.1 Å². The van der Waals surface area contributed by atoms with E-state index in [4.69, 9.17) is 5.53 Å². The highest BCUT2D eigenvalue weighted by molar-refractivity contribution is 9.10. The van der Waals surface area contributed by atoms with Gasteiger partial charge in [-0.25, -0.2) is 4.39 Å². The highest BCUT2D eigenvalue weighted by Gasteiger charge is 2.08. The molecule has 6 heteroatoms. The van der Waals surface area contributed by atoms with E-state index in [0.717, 1.165) is 0 Å². The van der Waals surface area contributed by atoms with Crippen molar-refractivity contribution >= 4 is 15.9 Å². The van der Waals surface area contributed by atoms with E-state index in [1.165, 1.54) is 18.2 Å². The van der Waals surface area contributed by atoms with Crippen LogP contribution in [0.2, 0.25) is 0 Å². The number of azide groups is 1. The minimum atomic E-state index is -0.900. The first-order valence-corrected chi connectivity index (χ1v) is 4.58. The van der Waals surface area contributed by atoms with Crippen molar-refractivity contribution in [2.45, 2.75) is 6.10 Å². The van der Waals surface area contributed by atoms with Crippen molar-refractivity contribution in [1.29, 1.82) is 0 Å². The van der Waals surface area contributed by atoms with Gasteiger partial charge in [-0.05, 0) is 39.2 Å². The van der Waals surface area contributed by atoms with Crippen LogP contribution in [-0.2, 0) is 0 Å². The molecule has 0 saturated heterocycles. The van der Waals surface area contributed by atoms with Gasteiger partial charge in [0.25, 0.3) is 0 Å². The zero-order valence-electron chi connectivity index (χ0n) is 7.06. The first-order chi connectivity index (χ1) is 6.65. The summed E-state index contributed by atoms with van der Waals surface area (Å²) in [5.74, 6) is -0.398. The number of hydrogen-bond donors (Lipinski definition) is 1. The lowest BCUT2D eigenvalue weighted by Gasteiger charge is -2.07. The maximum Gasteiger partial charge on any atom is 0.137 e. The molecule has 1 unspecified atom stereocenters. The van der Waals surface area contributed by atoms with Crippen LogP contribution < -0.4 is 0 Å². The first kappa shape index (κ1) is 11.0. The van der Waals surface area contributed by atoms with Crippen LogP contribution in [-0.4, -0.2) is 11.7 Å². The lowest BCUT2D eigenvalue weighted by atomic mass is 10.1. The Morgan fingerprint density at radius 3 is 2.93 bits per heavy atom. The SMILES string of the molecule is [N-]=[N+]=NCC(O)c1ccc(F)c(Br)c1. The quantitative estimate of drug-likeness (QED) is 0.506. The summed E-state index contributed by atoms with van der Waals surface area (Å²) in [5.41, 5.74) is 8.54. The average Bonchev–Trinajstić information content (AvgIpc) is 2.18. The van der Waals surface area contributed by atoms with Gasteiger partial charge in [-0.1, -0.05) is 11.2 Å². The van der Waals surface area contributed by atoms with Crippen LogP contribution in [0.5, 0.6) is 0 Å². The predicted octanol–water partition coefficient (Wildman–Crippen LogP) is 2.93. The summed E-state index contributed by atoms with van der Waals surface area (Å²) in [6.07, 6.45) is -0.900. The second-order valence-corrected chi connectivity index (χ2v) is 3.46. The van der Waals surface area contributed by atoms with Gasteiger partial charge in [-0.15, -0.1) is 0 Å². The molecular weight excluding hydrogens is 253 g/mol. The third kappa shape index (κ3) is 2.70. The van der Waals surface area contributed by atoms with E-state index in [-0.39, 0.29) is 11.0 Å². The van der Waals surface area contributed by atoms with E-state index < -0.39 is 11.9 Å². The molecule has 0 amide bonds. The molecule has 1 aromatic carbocycles. The Bertz CT molecular complexity index is 379. The lowest BCUT2D eigenvalue weighted by Crippen LogP contribution is -2.00. The third-order valence-electron chi connectivity index (χ3n) is 1.65. The molecule has 1 rings (SSSR count). The van der Waals surface area contributed by atoms with E-state index in [1.54, 1.807) is 0 Å². The van der Waals surface area contributed by atoms with Crippen molar-refractivity contribution in [3.63, 3.8) is 0 Å². The number of aliphatic hydroxyl groups is 1. The molecule has 0 fully saturated rings. The molecule has 4 nitrogen and oxygen atoms in total. The average molecular weight is 260 g/mol. The van der Waals surface area contributed by atoms with Gasteiger partial charge < -0.3 is 5.11 Å². The smallest absolute Gasteiger partial charge is 0.137 e. The largest absolute Gasteiger partial charge is 0.388 e. The Balaban J connectivity index is 2.85. The molecule has 1 N–H and O–H groups in total. The molecular formula is C8H7BrFN3O. The highest BCUT2D eigenvalue weighted by Crippen LogP contribution is 2.21. The van der Waals surface area contributed by atoms with Crippen molar-refractivity contribution in [3.8, 4) is 0 Å². The molecule has 0 bridgehead atoms. The molecule has 0 heterocycles. The van der Waals surface area contributed by atoms with Gasteiger partial charge in [0.15, 0.2) is 0 Å². The third-order valence-corrected chi connectivity index (χ3v) is 2.25. The lowest BCUT2D eigenvalue weighted by molar-refractivity contribution is 0.186. The van der Waals surface area contributed by atoms with Crippen molar-refractivity contribution in [2.24, 2.45) is 5.11 Å². The van der Waals surface area contributed by atoms with Gasteiger partial charge in [0, 0.05) is 4.91 Å². The summed E-state index contributed by atoms with van der Waals surface area (Å²) in [6, 6.07) is 4.13. The van der Waals surface area contributed by atoms with E-state index in [0.29, 0.717) is 5.56 Å². The number of halogens is 2. The van der Waals surface area contributed by atoms with Crippen molar-refractivity contribution in [1.82, 2.24) is 0 Å². The fraction of sp³-hybridized carbons (Fsp3) is 0.250. The number of hydrogen-bond acceptors (Lipinski definition) is 2. The van der Waals surface area contributed by atoms with Crippen LogP contribution in [0.4, 0.5) is 4.39 Å². The minimum Gasteiger partial charge on any atom is -0.388 e. The molecule has 14 heavy (non-hydrogen) atoms. The molecule has 0 saturated carbocycles. The van der Waals surface area contributed by atoms with Gasteiger partial charge in [0.1, 0.15) is 5.82 Å². The summed E-state index contributed by atoms with van der Waals surface area (Å²) in [5, 5.41) is 12.7. The number of nitrogens with zero attached hydrogens (tertiary/aromatic N) is 3. The number of rotatable bonds is 3. The van der Waals surface area contributed by atoms with E-state index >= 15 is 0 Å². The summed E-state index contributed by atoms with van der Waals surface area (Å²) >= 11 is 2.99. The molecule has 0 aromatic heterocycles. The highest BCUT2D eigenvalue weighted by atomic mass is 79.9. The second kappa shape index (κ2) is 4.95. The summed E-state index contributed by atoms with van der Waals surface area (Å²) < 4.78 is 13.1. The van der Waals surface area contributed by atoms with Gasteiger partial charge in [0.2, 0.25) is 0 Å². The molecule has 0 aliphatic carbocycles. The second-order valence-electron chi connectivity index (χ2n) is 2.60. The number of benzene rings is 1. The van der Waals surface area contributed by atoms with Gasteiger partial charge in [-0.2, -0.15) is 0 Å². The molecule has 0 aliphatic heterocycles. The summed E-state index contributed by atoms with van der Waals surface area (Å²) in [4.78, 5) is 2.52. The fourth-order valence-corrected chi connectivity index (χ4v) is 1.34. The molecule has 1 aromatic rings. The monoisotopic (exact) mass is 259 g/mol. The van der Waals surface area contributed by atoms with Crippen LogP contribution in [0.15, 0.2) is 27.8 Å². The standard InChI is InChI=1S/C8H7BrFN3O/c9-6-3-5(1-2-7(6)10)8(14)4-12-13-11/h1-3,8,14H,4H2. The molecule has 0 spiro atoms. The van der Waals surface area contributed by atoms with Crippen LogP contribution in [0.25, 0.3) is 10.4 Å². The topological polar surface area (TPSA) is 69.0 Å². The van der Waals surface area contributed by atoms with E-state index in [9.17, 15) is 9.50 Å². The summed E-state index contributed by atoms with van der Waals surface area (Å²) in [7, 11) is 0. The minimum absolute atomic E-state index is 0.0609. The zero-order valence-corrected chi connectivity index (χ0v) is 8.65. The maximum absolute atomic E-state index is 12.8. The fourth-order valence-electron chi connectivity index (χ4n) is 0.939. The molecule has 0 aliphatic rings. The number of aliphatic hydroxyl groups excluding tert-OH is 1. The van der Waals surface area contributed by atoms with Crippen molar-refractivity contribution in [2.75, 3.05) is 6.54 Å². The van der Waals surface area contributed by atoms with E-state index in [1.807, 2.05) is 0 Å². The van der Waals surface area contributed by atoms with Crippen LogP contribution >= 0.6 is 15.9 Å². The summed E-state index contributed by atoms with van der Waals surface area (Å²) in [6.45, 7) is -0.0609. The predicted molar refractivity (Wildman–Crippen MR) is 53.1 cm³/mol. The first-order valence-electron chi connectivity index (χ1n) is 3.79. The Labute approximate surface area is 88.1 Å². The van der Waals surface area contributed by atoms with Crippen LogP contribution in [0.1, 0.15) is 11.7 Å². The van der Waals surface area contributed by atoms with Crippen LogP contribution in [0, 0.1) is 5.82 Å². The Hall–Kier alpha value is -1.10. The Kier molecular flexibility index (Phi) is 3.88. The zero-order chi connectivity index (χ0) is 10.6. The van der Waals surface area contributed by atoms with Gasteiger partial charge >= 0.3 is 0 Å². The van der Waals surface area contributed by atoms with Crippen molar-refractivity contribution in [3.05, 3.63) is 44.5 Å². The van der Waals surface area contributed by atoms with Crippen molar-refractivity contribution < 1.29 is 9.50 Å². The normalized spacial score (nSPS) is 11.9.